The standard InChI is InChI=1S/C27H23N2/c1-3-24-23-19-21(20-11-5-4-6-12-20)16-17-27(23)29-18-10-9-15-26(29)22-13-7-8-14-25(22)28(24)2/h3-19H,1-2H3/q+1/b24-3-. The van der Waals surface area contributed by atoms with Gasteiger partial charge in [-0.2, -0.15) is 4.57 Å². The largest absolute Gasteiger partial charge is 0.344 e. The molecule has 2 nitrogen and oxygen atoms in total. The average molecular weight is 375 g/mol. The van der Waals surface area contributed by atoms with Crippen LogP contribution in [-0.4, -0.2) is 7.05 Å². The fraction of sp³-hybridized carbons (Fsp3) is 0.0741. The summed E-state index contributed by atoms with van der Waals surface area (Å²) in [6.07, 6.45) is 4.37. The summed E-state index contributed by atoms with van der Waals surface area (Å²) < 4.78 is 2.30. The molecule has 0 saturated heterocycles. The molecule has 1 aliphatic heterocycles. The van der Waals surface area contributed by atoms with Crippen LogP contribution in [0.3, 0.4) is 0 Å². The van der Waals surface area contributed by atoms with E-state index in [1.807, 2.05) is 0 Å². The molecule has 29 heavy (non-hydrogen) atoms. The average Bonchev–Trinajstić information content (AvgIpc) is 2.79. The molecule has 2 heterocycles. The second kappa shape index (κ2) is 7.06. The van der Waals surface area contributed by atoms with E-state index < -0.39 is 0 Å². The van der Waals surface area contributed by atoms with E-state index in [9.17, 15) is 0 Å². The summed E-state index contributed by atoms with van der Waals surface area (Å²) in [6, 6.07) is 32.4. The smallest absolute Gasteiger partial charge is 0.220 e. The van der Waals surface area contributed by atoms with Gasteiger partial charge in [0.1, 0.15) is 0 Å². The number of allylic oxidation sites excluding steroid dienone is 1. The number of anilines is 1. The zero-order valence-electron chi connectivity index (χ0n) is 16.7. The molecule has 1 aliphatic rings. The lowest BCUT2D eigenvalue weighted by molar-refractivity contribution is -0.584. The Labute approximate surface area is 172 Å². The molecule has 4 aromatic rings. The number of hydrogen-bond acceptors (Lipinski definition) is 1. The molecular weight excluding hydrogens is 352 g/mol. The molecule has 0 bridgehead atoms. The lowest BCUT2D eigenvalue weighted by atomic mass is 9.96. The molecule has 0 unspecified atom stereocenters. The number of fused-ring (bicyclic) bond motifs is 5. The number of nitrogens with zero attached hydrogens (tertiary/aromatic N) is 2. The van der Waals surface area contributed by atoms with Gasteiger partial charge in [0.2, 0.25) is 11.4 Å². The Morgan fingerprint density at radius 3 is 2.31 bits per heavy atom. The van der Waals surface area contributed by atoms with E-state index in [0.717, 1.165) is 0 Å². The van der Waals surface area contributed by atoms with Gasteiger partial charge in [-0.3, -0.25) is 0 Å². The van der Waals surface area contributed by atoms with Crippen molar-refractivity contribution in [3.63, 3.8) is 0 Å². The van der Waals surface area contributed by atoms with Gasteiger partial charge >= 0.3 is 0 Å². The highest BCUT2D eigenvalue weighted by Crippen LogP contribution is 2.38. The van der Waals surface area contributed by atoms with E-state index >= 15 is 0 Å². The van der Waals surface area contributed by atoms with Crippen molar-refractivity contribution < 1.29 is 4.57 Å². The van der Waals surface area contributed by atoms with Crippen molar-refractivity contribution in [2.24, 2.45) is 0 Å². The Morgan fingerprint density at radius 2 is 1.48 bits per heavy atom. The lowest BCUT2D eigenvalue weighted by Crippen LogP contribution is -2.37. The van der Waals surface area contributed by atoms with E-state index in [1.54, 1.807) is 0 Å². The summed E-state index contributed by atoms with van der Waals surface area (Å²) in [7, 11) is 2.16. The third kappa shape index (κ3) is 2.85. The quantitative estimate of drug-likeness (QED) is 0.364. The summed E-state index contributed by atoms with van der Waals surface area (Å²) >= 11 is 0. The molecule has 2 heteroatoms. The zero-order valence-corrected chi connectivity index (χ0v) is 16.7. The minimum atomic E-state index is 1.19. The summed E-state index contributed by atoms with van der Waals surface area (Å²) in [6.45, 7) is 2.12. The number of hydrogen-bond donors (Lipinski definition) is 0. The maximum Gasteiger partial charge on any atom is 0.220 e. The van der Waals surface area contributed by atoms with E-state index in [2.05, 4.69) is 127 Å². The van der Waals surface area contributed by atoms with Gasteiger partial charge in [-0.05, 0) is 48.4 Å². The molecule has 5 rings (SSSR count). The predicted octanol–water partition coefficient (Wildman–Crippen LogP) is 6.11. The molecule has 0 aliphatic carbocycles. The maximum absolute atomic E-state index is 2.31. The van der Waals surface area contributed by atoms with Gasteiger partial charge in [-0.15, -0.1) is 0 Å². The highest BCUT2D eigenvalue weighted by atomic mass is 15.1. The monoisotopic (exact) mass is 375 g/mol. The molecule has 140 valence electrons. The van der Waals surface area contributed by atoms with Crippen LogP contribution < -0.4 is 9.47 Å². The first-order chi connectivity index (χ1) is 14.3. The zero-order chi connectivity index (χ0) is 19.8. The second-order valence-corrected chi connectivity index (χ2v) is 7.30. The Morgan fingerprint density at radius 1 is 0.724 bits per heavy atom. The van der Waals surface area contributed by atoms with E-state index in [-0.39, 0.29) is 0 Å². The van der Waals surface area contributed by atoms with Crippen LogP contribution in [0.15, 0.2) is 103 Å². The van der Waals surface area contributed by atoms with Crippen molar-refractivity contribution in [3.8, 4) is 28.1 Å². The molecule has 0 radical (unpaired) electrons. The fourth-order valence-electron chi connectivity index (χ4n) is 4.28. The van der Waals surface area contributed by atoms with E-state index in [1.165, 1.54) is 45.0 Å². The third-order valence-electron chi connectivity index (χ3n) is 5.68. The highest BCUT2D eigenvalue weighted by molar-refractivity contribution is 5.90. The molecule has 0 saturated carbocycles. The van der Waals surface area contributed by atoms with E-state index in [0.29, 0.717) is 0 Å². The third-order valence-corrected chi connectivity index (χ3v) is 5.68. The van der Waals surface area contributed by atoms with Crippen LogP contribution >= 0.6 is 0 Å². The fourth-order valence-corrected chi connectivity index (χ4v) is 4.28. The van der Waals surface area contributed by atoms with Gasteiger partial charge in [0.15, 0.2) is 6.20 Å². The van der Waals surface area contributed by atoms with Crippen molar-refractivity contribution in [2.75, 3.05) is 11.9 Å². The molecule has 0 spiro atoms. The summed E-state index contributed by atoms with van der Waals surface area (Å²) in [5, 5.41) is 0. The van der Waals surface area contributed by atoms with Crippen molar-refractivity contribution in [2.45, 2.75) is 6.92 Å². The van der Waals surface area contributed by atoms with Crippen molar-refractivity contribution >= 4 is 11.4 Å². The number of rotatable bonds is 1. The van der Waals surface area contributed by atoms with Gasteiger partial charge in [0.25, 0.3) is 0 Å². The summed E-state index contributed by atoms with van der Waals surface area (Å²) in [5.41, 5.74) is 9.70. The van der Waals surface area contributed by atoms with Gasteiger partial charge < -0.3 is 4.90 Å². The molecule has 0 fully saturated rings. The minimum Gasteiger partial charge on any atom is -0.344 e. The van der Waals surface area contributed by atoms with Gasteiger partial charge in [0, 0.05) is 25.2 Å². The van der Waals surface area contributed by atoms with E-state index in [4.69, 9.17) is 0 Å². The SMILES string of the molecule is C/C=C1/c2cc(-c3ccccc3)ccc2-[n+]2ccccc2-c2ccccc2N1C. The minimum absolute atomic E-state index is 1.19. The summed E-state index contributed by atoms with van der Waals surface area (Å²) in [5.74, 6) is 0. The van der Waals surface area contributed by atoms with Crippen molar-refractivity contribution in [3.05, 3.63) is 109 Å². The first-order valence-electron chi connectivity index (χ1n) is 9.98. The van der Waals surface area contributed by atoms with Crippen molar-refractivity contribution in [1.82, 2.24) is 0 Å². The van der Waals surface area contributed by atoms with Crippen LogP contribution in [0.25, 0.3) is 33.8 Å². The summed E-state index contributed by atoms with van der Waals surface area (Å²) in [4.78, 5) is 2.30. The molecule has 0 N–H and O–H groups in total. The number of para-hydroxylation sites is 1. The molecule has 1 aromatic heterocycles. The maximum atomic E-state index is 2.31. The topological polar surface area (TPSA) is 7.12 Å². The Bertz CT molecular complexity index is 1220. The predicted molar refractivity (Wildman–Crippen MR) is 121 cm³/mol. The highest BCUT2D eigenvalue weighted by Gasteiger charge is 2.28. The van der Waals surface area contributed by atoms with Crippen LogP contribution in [0.1, 0.15) is 12.5 Å². The number of benzene rings is 3. The Balaban J connectivity index is 1.84. The van der Waals surface area contributed by atoms with Crippen LogP contribution in [0, 0.1) is 0 Å². The first kappa shape index (κ1) is 17.4. The Kier molecular flexibility index (Phi) is 4.25. The molecule has 0 atom stereocenters. The number of pyridine rings is 1. The van der Waals surface area contributed by atoms with Crippen LogP contribution in [0.2, 0.25) is 0 Å². The molecular formula is C27H23N2+. The van der Waals surface area contributed by atoms with Crippen LogP contribution in [-0.2, 0) is 0 Å². The van der Waals surface area contributed by atoms with Crippen molar-refractivity contribution in [1.29, 1.82) is 0 Å². The van der Waals surface area contributed by atoms with Gasteiger partial charge in [-0.25, -0.2) is 0 Å². The van der Waals surface area contributed by atoms with Gasteiger partial charge in [0.05, 0.1) is 22.5 Å². The van der Waals surface area contributed by atoms with Crippen LogP contribution in [0.4, 0.5) is 5.69 Å². The Hall–Kier alpha value is -3.65. The molecule has 3 aromatic carbocycles. The second-order valence-electron chi connectivity index (χ2n) is 7.30. The lowest BCUT2D eigenvalue weighted by Gasteiger charge is -2.27. The number of aromatic nitrogens is 1. The molecule has 0 amide bonds. The van der Waals surface area contributed by atoms with Gasteiger partial charge in [-0.1, -0.05) is 48.5 Å². The first-order valence-corrected chi connectivity index (χ1v) is 9.98. The normalized spacial score (nSPS) is 13.9. The van der Waals surface area contributed by atoms with Crippen LogP contribution in [0.5, 0.6) is 0 Å².